The van der Waals surface area contributed by atoms with Gasteiger partial charge in [0.1, 0.15) is 6.10 Å². The van der Waals surface area contributed by atoms with Crippen LogP contribution in [-0.4, -0.2) is 44.1 Å². The molecule has 3 aromatic rings. The zero-order valence-corrected chi connectivity index (χ0v) is 14.8. The summed E-state index contributed by atoms with van der Waals surface area (Å²) in [6.45, 7) is 9.22. The quantitative estimate of drug-likeness (QED) is 0.727. The highest BCUT2D eigenvalue weighted by atomic mass is 16.5. The van der Waals surface area contributed by atoms with Crippen molar-refractivity contribution in [3.05, 3.63) is 41.7 Å². The van der Waals surface area contributed by atoms with Gasteiger partial charge in [0.15, 0.2) is 0 Å². The highest BCUT2D eigenvalue weighted by Crippen LogP contribution is 2.27. The Morgan fingerprint density at radius 1 is 1.20 bits per heavy atom. The third-order valence-electron chi connectivity index (χ3n) is 4.56. The molecule has 0 unspecified atom stereocenters. The Balaban J connectivity index is 1.58. The third kappa shape index (κ3) is 3.17. The fourth-order valence-corrected chi connectivity index (χ4v) is 3.51. The summed E-state index contributed by atoms with van der Waals surface area (Å²) in [6.07, 6.45) is -0.0880. The number of hydrogen-bond acceptors (Lipinski definition) is 6. The van der Waals surface area contributed by atoms with Crippen LogP contribution in [0, 0.1) is 6.92 Å². The van der Waals surface area contributed by atoms with E-state index in [2.05, 4.69) is 57.9 Å². The SMILES string of the molecule is CCn1nc(CN2C[C@@H](C)O[C@@H](c3nnc(C)o3)C2)c2ccccc21. The van der Waals surface area contributed by atoms with Gasteiger partial charge in [-0.15, -0.1) is 10.2 Å². The number of aromatic nitrogens is 4. The fourth-order valence-electron chi connectivity index (χ4n) is 3.51. The summed E-state index contributed by atoms with van der Waals surface area (Å²) in [7, 11) is 0. The number of hydrogen-bond donors (Lipinski definition) is 0. The van der Waals surface area contributed by atoms with Crippen molar-refractivity contribution < 1.29 is 9.15 Å². The monoisotopic (exact) mass is 341 g/mol. The molecule has 0 radical (unpaired) electrons. The largest absolute Gasteiger partial charge is 0.423 e. The fraction of sp³-hybridized carbons (Fsp3) is 0.500. The molecular weight excluding hydrogens is 318 g/mol. The van der Waals surface area contributed by atoms with Gasteiger partial charge in [-0.2, -0.15) is 5.10 Å². The molecule has 7 heteroatoms. The van der Waals surface area contributed by atoms with Gasteiger partial charge in [-0.05, 0) is 19.9 Å². The van der Waals surface area contributed by atoms with Crippen molar-refractivity contribution in [1.82, 2.24) is 24.9 Å². The molecule has 1 saturated heterocycles. The predicted octanol–water partition coefficient (Wildman–Crippen LogP) is 2.71. The van der Waals surface area contributed by atoms with Gasteiger partial charge < -0.3 is 9.15 Å². The lowest BCUT2D eigenvalue weighted by atomic mass is 10.1. The predicted molar refractivity (Wildman–Crippen MR) is 93.0 cm³/mol. The number of nitrogens with zero attached hydrogens (tertiary/aromatic N) is 5. The number of rotatable bonds is 4. The lowest BCUT2D eigenvalue weighted by molar-refractivity contribution is -0.0919. The number of fused-ring (bicyclic) bond motifs is 1. The van der Waals surface area contributed by atoms with Crippen molar-refractivity contribution in [3.8, 4) is 0 Å². The van der Waals surface area contributed by atoms with E-state index < -0.39 is 0 Å². The van der Waals surface area contributed by atoms with Gasteiger partial charge in [0.25, 0.3) is 0 Å². The molecule has 0 bridgehead atoms. The van der Waals surface area contributed by atoms with E-state index in [1.807, 2.05) is 0 Å². The van der Waals surface area contributed by atoms with Gasteiger partial charge in [0, 0.05) is 38.5 Å². The smallest absolute Gasteiger partial charge is 0.246 e. The molecule has 0 N–H and O–H groups in total. The molecule has 0 amide bonds. The van der Waals surface area contributed by atoms with E-state index in [1.165, 1.54) is 10.9 Å². The van der Waals surface area contributed by atoms with Crippen LogP contribution in [-0.2, 0) is 17.8 Å². The maximum atomic E-state index is 6.00. The number of para-hydroxylation sites is 1. The first kappa shape index (κ1) is 16.2. The molecule has 4 rings (SSSR count). The number of aryl methyl sites for hydroxylation is 2. The lowest BCUT2D eigenvalue weighted by Crippen LogP contribution is -2.42. The van der Waals surface area contributed by atoms with E-state index in [1.54, 1.807) is 6.92 Å². The van der Waals surface area contributed by atoms with E-state index in [9.17, 15) is 0 Å². The minimum absolute atomic E-state index is 0.102. The van der Waals surface area contributed by atoms with Crippen molar-refractivity contribution >= 4 is 10.9 Å². The van der Waals surface area contributed by atoms with E-state index in [0.29, 0.717) is 11.8 Å². The van der Waals surface area contributed by atoms with Crippen molar-refractivity contribution in [1.29, 1.82) is 0 Å². The van der Waals surface area contributed by atoms with Crippen molar-refractivity contribution in [2.75, 3.05) is 13.1 Å². The molecular formula is C18H23N5O2. The van der Waals surface area contributed by atoms with E-state index >= 15 is 0 Å². The minimum atomic E-state index is -0.190. The summed E-state index contributed by atoms with van der Waals surface area (Å²) < 4.78 is 13.6. The summed E-state index contributed by atoms with van der Waals surface area (Å²) in [5.41, 5.74) is 2.29. The van der Waals surface area contributed by atoms with E-state index in [0.717, 1.165) is 31.9 Å². The van der Waals surface area contributed by atoms with E-state index in [-0.39, 0.29) is 12.2 Å². The van der Waals surface area contributed by atoms with Crippen LogP contribution in [0.25, 0.3) is 10.9 Å². The minimum Gasteiger partial charge on any atom is -0.423 e. The third-order valence-corrected chi connectivity index (χ3v) is 4.56. The number of ether oxygens (including phenoxy) is 1. The van der Waals surface area contributed by atoms with Crippen LogP contribution < -0.4 is 0 Å². The van der Waals surface area contributed by atoms with Crippen LogP contribution in [0.5, 0.6) is 0 Å². The molecule has 1 aliphatic heterocycles. The van der Waals surface area contributed by atoms with Crippen LogP contribution in [0.15, 0.2) is 28.7 Å². The zero-order valence-electron chi connectivity index (χ0n) is 14.8. The molecule has 1 fully saturated rings. The van der Waals surface area contributed by atoms with Crippen LogP contribution in [0.1, 0.15) is 37.4 Å². The summed E-state index contributed by atoms with van der Waals surface area (Å²) in [6, 6.07) is 8.40. The van der Waals surface area contributed by atoms with Gasteiger partial charge in [-0.1, -0.05) is 18.2 Å². The number of morpholine rings is 1. The van der Waals surface area contributed by atoms with Gasteiger partial charge in [-0.25, -0.2) is 0 Å². The standard InChI is InChI=1S/C18H23N5O2/c1-4-23-16-8-6-5-7-14(16)15(21-23)10-22-9-12(2)24-17(11-22)18-20-19-13(3)25-18/h5-8,12,17H,4,9-11H2,1-3H3/t12-,17-/m1/s1. The van der Waals surface area contributed by atoms with Gasteiger partial charge in [0.05, 0.1) is 17.3 Å². The second kappa shape index (κ2) is 6.57. The normalized spacial score (nSPS) is 21.9. The summed E-state index contributed by atoms with van der Waals surface area (Å²) in [4.78, 5) is 2.35. The summed E-state index contributed by atoms with van der Waals surface area (Å²) in [5, 5.41) is 14.1. The Bertz CT molecular complexity index is 871. The molecule has 2 aromatic heterocycles. The average Bonchev–Trinajstić information content (AvgIpc) is 3.19. The molecule has 25 heavy (non-hydrogen) atoms. The van der Waals surface area contributed by atoms with Crippen LogP contribution >= 0.6 is 0 Å². The van der Waals surface area contributed by atoms with Gasteiger partial charge in [-0.3, -0.25) is 9.58 Å². The molecule has 0 spiro atoms. The molecule has 7 nitrogen and oxygen atoms in total. The molecule has 1 aromatic carbocycles. The first-order valence-electron chi connectivity index (χ1n) is 8.76. The second-order valence-electron chi connectivity index (χ2n) is 6.57. The molecule has 3 heterocycles. The van der Waals surface area contributed by atoms with Crippen molar-refractivity contribution in [2.45, 2.75) is 46.1 Å². The summed E-state index contributed by atoms with van der Waals surface area (Å²) >= 11 is 0. The molecule has 0 saturated carbocycles. The zero-order chi connectivity index (χ0) is 17.4. The summed E-state index contributed by atoms with van der Waals surface area (Å²) in [5.74, 6) is 1.12. The Labute approximate surface area is 146 Å². The number of benzene rings is 1. The van der Waals surface area contributed by atoms with Crippen LogP contribution in [0.3, 0.4) is 0 Å². The molecule has 132 valence electrons. The van der Waals surface area contributed by atoms with Gasteiger partial charge in [0.2, 0.25) is 11.8 Å². The van der Waals surface area contributed by atoms with Crippen molar-refractivity contribution in [3.63, 3.8) is 0 Å². The molecule has 2 atom stereocenters. The first-order valence-corrected chi connectivity index (χ1v) is 8.76. The lowest BCUT2D eigenvalue weighted by Gasteiger charge is -2.34. The van der Waals surface area contributed by atoms with Gasteiger partial charge >= 0.3 is 0 Å². The molecule has 1 aliphatic rings. The van der Waals surface area contributed by atoms with Crippen molar-refractivity contribution in [2.24, 2.45) is 0 Å². The Morgan fingerprint density at radius 3 is 2.80 bits per heavy atom. The Kier molecular flexibility index (Phi) is 4.27. The maximum Gasteiger partial charge on any atom is 0.246 e. The highest BCUT2D eigenvalue weighted by Gasteiger charge is 2.30. The molecule has 0 aliphatic carbocycles. The Morgan fingerprint density at radius 2 is 2.04 bits per heavy atom. The van der Waals surface area contributed by atoms with Crippen LogP contribution in [0.4, 0.5) is 0 Å². The van der Waals surface area contributed by atoms with E-state index in [4.69, 9.17) is 14.3 Å². The second-order valence-corrected chi connectivity index (χ2v) is 6.57. The highest BCUT2D eigenvalue weighted by molar-refractivity contribution is 5.81. The topological polar surface area (TPSA) is 69.2 Å². The van der Waals surface area contributed by atoms with Crippen LogP contribution in [0.2, 0.25) is 0 Å². The first-order chi connectivity index (χ1) is 12.1. The Hall–Kier alpha value is -2.25. The average molecular weight is 341 g/mol. The maximum absolute atomic E-state index is 6.00.